The maximum absolute atomic E-state index is 9.13. The van der Waals surface area contributed by atoms with Gasteiger partial charge in [-0.2, -0.15) is 0 Å². The van der Waals surface area contributed by atoms with Crippen LogP contribution >= 0.6 is 11.6 Å². The molecule has 0 saturated carbocycles. The van der Waals surface area contributed by atoms with Crippen molar-refractivity contribution in [2.75, 3.05) is 0 Å². The molecule has 1 aromatic carbocycles. The van der Waals surface area contributed by atoms with Crippen molar-refractivity contribution >= 4 is 11.6 Å². The highest BCUT2D eigenvalue weighted by atomic mass is 35.5. The number of aliphatic hydroxyl groups excluding tert-OH is 1. The molecule has 0 aliphatic carbocycles. The van der Waals surface area contributed by atoms with Gasteiger partial charge in [0.1, 0.15) is 12.4 Å². The molecule has 16 heavy (non-hydrogen) atoms. The molecule has 0 unspecified atom stereocenters. The van der Waals surface area contributed by atoms with Crippen molar-refractivity contribution in [2.24, 2.45) is 0 Å². The van der Waals surface area contributed by atoms with Crippen LogP contribution in [0.4, 0.5) is 0 Å². The topological polar surface area (TPSA) is 55.5 Å². The first-order chi connectivity index (χ1) is 7.79. The monoisotopic (exact) mass is 239 g/mol. The third kappa shape index (κ3) is 2.53. The van der Waals surface area contributed by atoms with Crippen LogP contribution in [0, 0.1) is 0 Å². The molecule has 1 aromatic heterocycles. The van der Waals surface area contributed by atoms with E-state index < -0.39 is 0 Å². The Labute approximate surface area is 97.4 Å². The van der Waals surface area contributed by atoms with Gasteiger partial charge in [-0.15, -0.1) is 0 Å². The standard InChI is InChI=1S/C11H10ClNO3/c12-9-1-2-11(8(5-9)6-14)15-7-10-3-4-13-16-10/h1-5,14H,6-7H2. The highest BCUT2D eigenvalue weighted by Crippen LogP contribution is 2.23. The van der Waals surface area contributed by atoms with E-state index in [1.807, 2.05) is 0 Å². The van der Waals surface area contributed by atoms with E-state index in [0.717, 1.165) is 0 Å². The predicted molar refractivity (Wildman–Crippen MR) is 58.2 cm³/mol. The minimum atomic E-state index is -0.119. The first kappa shape index (κ1) is 11.0. The summed E-state index contributed by atoms with van der Waals surface area (Å²) in [6.45, 7) is 0.154. The molecule has 0 bridgehead atoms. The second-order valence-corrected chi connectivity index (χ2v) is 3.61. The van der Waals surface area contributed by atoms with Crippen LogP contribution in [-0.4, -0.2) is 10.3 Å². The van der Waals surface area contributed by atoms with E-state index >= 15 is 0 Å². The zero-order valence-corrected chi connectivity index (χ0v) is 9.15. The van der Waals surface area contributed by atoms with Crippen LogP contribution in [0.3, 0.4) is 0 Å². The SMILES string of the molecule is OCc1cc(Cl)ccc1OCc1ccno1. The van der Waals surface area contributed by atoms with E-state index in [1.54, 1.807) is 30.5 Å². The molecule has 4 nitrogen and oxygen atoms in total. The molecule has 1 heterocycles. The third-order valence-corrected chi connectivity index (χ3v) is 2.29. The van der Waals surface area contributed by atoms with Gasteiger partial charge < -0.3 is 14.4 Å². The van der Waals surface area contributed by atoms with Crippen LogP contribution < -0.4 is 4.74 Å². The molecular weight excluding hydrogens is 230 g/mol. The van der Waals surface area contributed by atoms with Crippen LogP contribution in [0.1, 0.15) is 11.3 Å². The molecule has 84 valence electrons. The Balaban J connectivity index is 2.09. The lowest BCUT2D eigenvalue weighted by Crippen LogP contribution is -1.97. The van der Waals surface area contributed by atoms with Crippen molar-refractivity contribution in [3.05, 3.63) is 46.8 Å². The highest BCUT2D eigenvalue weighted by Gasteiger charge is 2.05. The summed E-state index contributed by atoms with van der Waals surface area (Å²) in [5, 5.41) is 13.3. The highest BCUT2D eigenvalue weighted by molar-refractivity contribution is 6.30. The van der Waals surface area contributed by atoms with Crippen molar-refractivity contribution in [3.8, 4) is 5.75 Å². The fourth-order valence-electron chi connectivity index (χ4n) is 1.28. The maximum Gasteiger partial charge on any atom is 0.174 e. The van der Waals surface area contributed by atoms with Gasteiger partial charge in [-0.25, -0.2) is 0 Å². The summed E-state index contributed by atoms with van der Waals surface area (Å²) in [6.07, 6.45) is 1.55. The number of ether oxygens (including phenoxy) is 1. The van der Waals surface area contributed by atoms with Gasteiger partial charge in [-0.1, -0.05) is 16.8 Å². The van der Waals surface area contributed by atoms with E-state index in [9.17, 15) is 0 Å². The number of aromatic nitrogens is 1. The Bertz CT molecular complexity index is 456. The molecule has 0 aliphatic rings. The summed E-state index contributed by atoms with van der Waals surface area (Å²) in [7, 11) is 0. The Kier molecular flexibility index (Phi) is 3.44. The number of hydrogen-bond acceptors (Lipinski definition) is 4. The quantitative estimate of drug-likeness (QED) is 0.890. The Morgan fingerprint density at radius 3 is 2.94 bits per heavy atom. The van der Waals surface area contributed by atoms with E-state index in [1.165, 1.54) is 0 Å². The molecule has 5 heteroatoms. The summed E-state index contributed by atoms with van der Waals surface area (Å²) in [4.78, 5) is 0. The van der Waals surface area contributed by atoms with Crippen LogP contribution in [0.5, 0.6) is 5.75 Å². The number of rotatable bonds is 4. The summed E-state index contributed by atoms with van der Waals surface area (Å²) in [5.41, 5.74) is 0.645. The molecule has 0 aliphatic heterocycles. The number of halogens is 1. The molecule has 0 saturated heterocycles. The average molecular weight is 240 g/mol. The van der Waals surface area contributed by atoms with Gasteiger partial charge in [0.05, 0.1) is 12.8 Å². The lowest BCUT2D eigenvalue weighted by atomic mass is 10.2. The Morgan fingerprint density at radius 1 is 1.38 bits per heavy atom. The number of nitrogens with zero attached hydrogens (tertiary/aromatic N) is 1. The fourth-order valence-corrected chi connectivity index (χ4v) is 1.47. The largest absolute Gasteiger partial charge is 0.485 e. The van der Waals surface area contributed by atoms with Crippen molar-refractivity contribution in [1.29, 1.82) is 0 Å². The maximum atomic E-state index is 9.13. The van der Waals surface area contributed by atoms with Gasteiger partial charge in [0.2, 0.25) is 0 Å². The second-order valence-electron chi connectivity index (χ2n) is 3.18. The smallest absolute Gasteiger partial charge is 0.174 e. The van der Waals surface area contributed by atoms with Crippen molar-refractivity contribution in [2.45, 2.75) is 13.2 Å². The van der Waals surface area contributed by atoms with Crippen LogP contribution in [0.15, 0.2) is 35.0 Å². The molecule has 0 atom stereocenters. The van der Waals surface area contributed by atoms with Gasteiger partial charge in [0.25, 0.3) is 0 Å². The zero-order chi connectivity index (χ0) is 11.4. The van der Waals surface area contributed by atoms with Gasteiger partial charge in [0.15, 0.2) is 5.76 Å². The molecule has 0 radical (unpaired) electrons. The van der Waals surface area contributed by atoms with Crippen LogP contribution in [0.25, 0.3) is 0 Å². The molecule has 2 rings (SSSR count). The van der Waals surface area contributed by atoms with Crippen LogP contribution in [0.2, 0.25) is 5.02 Å². The van der Waals surface area contributed by atoms with E-state index in [0.29, 0.717) is 22.1 Å². The van der Waals surface area contributed by atoms with Crippen LogP contribution in [-0.2, 0) is 13.2 Å². The molecule has 2 aromatic rings. The summed E-state index contributed by atoms with van der Waals surface area (Å²) < 4.78 is 10.4. The molecule has 0 amide bonds. The van der Waals surface area contributed by atoms with Crippen molar-refractivity contribution < 1.29 is 14.4 Å². The van der Waals surface area contributed by atoms with Gasteiger partial charge in [-0.3, -0.25) is 0 Å². The molecule has 0 spiro atoms. The molecule has 1 N–H and O–H groups in total. The summed E-state index contributed by atoms with van der Waals surface area (Å²) >= 11 is 5.80. The Hall–Kier alpha value is -1.52. The lowest BCUT2D eigenvalue weighted by molar-refractivity contribution is 0.233. The fraction of sp³-hybridized carbons (Fsp3) is 0.182. The first-order valence-corrected chi connectivity index (χ1v) is 5.09. The van der Waals surface area contributed by atoms with Gasteiger partial charge >= 0.3 is 0 Å². The number of hydrogen-bond donors (Lipinski definition) is 1. The predicted octanol–water partition coefficient (Wildman–Crippen LogP) is 2.40. The minimum Gasteiger partial charge on any atom is -0.485 e. The second kappa shape index (κ2) is 5.01. The lowest BCUT2D eigenvalue weighted by Gasteiger charge is -2.08. The minimum absolute atomic E-state index is 0.119. The first-order valence-electron chi connectivity index (χ1n) is 4.71. The third-order valence-electron chi connectivity index (χ3n) is 2.05. The van der Waals surface area contributed by atoms with Gasteiger partial charge in [-0.05, 0) is 18.2 Å². The zero-order valence-electron chi connectivity index (χ0n) is 8.39. The summed E-state index contributed by atoms with van der Waals surface area (Å²) in [6, 6.07) is 6.80. The molecular formula is C11H10ClNO3. The van der Waals surface area contributed by atoms with E-state index in [2.05, 4.69) is 5.16 Å². The molecule has 0 fully saturated rings. The van der Waals surface area contributed by atoms with Crippen molar-refractivity contribution in [1.82, 2.24) is 5.16 Å². The van der Waals surface area contributed by atoms with Crippen molar-refractivity contribution in [3.63, 3.8) is 0 Å². The number of benzene rings is 1. The average Bonchev–Trinajstić information content (AvgIpc) is 2.80. The van der Waals surface area contributed by atoms with E-state index in [4.69, 9.17) is 26.0 Å². The number of aliphatic hydroxyl groups is 1. The van der Waals surface area contributed by atoms with Gasteiger partial charge in [0, 0.05) is 16.7 Å². The van der Waals surface area contributed by atoms with E-state index in [-0.39, 0.29) is 13.2 Å². The summed E-state index contributed by atoms with van der Waals surface area (Å²) in [5.74, 6) is 1.21. The Morgan fingerprint density at radius 2 is 2.25 bits per heavy atom. The normalized spacial score (nSPS) is 10.4.